The molecule has 0 saturated heterocycles. The van der Waals surface area contributed by atoms with E-state index in [2.05, 4.69) is 19.1 Å². The summed E-state index contributed by atoms with van der Waals surface area (Å²) in [5, 5.41) is 8.52. The van der Waals surface area contributed by atoms with E-state index in [0.717, 1.165) is 12.8 Å². The number of carbonyl (C=O) groups is 1. The van der Waals surface area contributed by atoms with Crippen LogP contribution in [-0.2, 0) is 4.79 Å². The van der Waals surface area contributed by atoms with E-state index in [4.69, 9.17) is 5.11 Å². The van der Waals surface area contributed by atoms with Crippen molar-refractivity contribution >= 4 is 5.97 Å². The number of unbranched alkanes of at least 4 members (excludes halogenated alkanes) is 12. The summed E-state index contributed by atoms with van der Waals surface area (Å²) in [4.78, 5) is 10.3. The van der Waals surface area contributed by atoms with E-state index in [-0.39, 0.29) is 0 Å². The van der Waals surface area contributed by atoms with E-state index in [1.54, 1.807) is 0 Å². The SMILES string of the molecule is CCCCC=CCCCCCCCCCCCCC(=O)O. The lowest BCUT2D eigenvalue weighted by Crippen LogP contribution is -1.93. The molecule has 0 radical (unpaired) electrons. The molecule has 0 bridgehead atoms. The minimum atomic E-state index is -0.657. The molecule has 21 heavy (non-hydrogen) atoms. The largest absolute Gasteiger partial charge is 0.481 e. The number of aliphatic carboxylic acids is 1. The van der Waals surface area contributed by atoms with Gasteiger partial charge in [0.2, 0.25) is 0 Å². The Morgan fingerprint density at radius 3 is 1.62 bits per heavy atom. The van der Waals surface area contributed by atoms with Gasteiger partial charge in [-0.2, -0.15) is 0 Å². The van der Waals surface area contributed by atoms with Crippen LogP contribution in [0.4, 0.5) is 0 Å². The molecule has 2 heteroatoms. The summed E-state index contributed by atoms with van der Waals surface area (Å²) in [6, 6.07) is 0. The Balaban J connectivity index is 3.02. The maximum atomic E-state index is 10.3. The first kappa shape index (κ1) is 20.2. The highest BCUT2D eigenvalue weighted by Crippen LogP contribution is 2.12. The minimum absolute atomic E-state index is 0.340. The van der Waals surface area contributed by atoms with Gasteiger partial charge in [0.05, 0.1) is 0 Å². The second-order valence-corrected chi connectivity index (χ2v) is 6.08. The second kappa shape index (κ2) is 17.3. The Morgan fingerprint density at radius 2 is 1.14 bits per heavy atom. The van der Waals surface area contributed by atoms with Gasteiger partial charge in [0.1, 0.15) is 0 Å². The van der Waals surface area contributed by atoms with Crippen molar-refractivity contribution in [1.82, 2.24) is 0 Å². The van der Waals surface area contributed by atoms with E-state index in [1.807, 2.05) is 0 Å². The molecule has 0 saturated carbocycles. The summed E-state index contributed by atoms with van der Waals surface area (Å²) in [6.45, 7) is 2.24. The van der Waals surface area contributed by atoms with Crippen LogP contribution in [0.15, 0.2) is 12.2 Å². The number of carboxylic acid groups (broad SMARTS) is 1. The maximum absolute atomic E-state index is 10.3. The zero-order valence-corrected chi connectivity index (χ0v) is 14.1. The molecule has 0 aromatic rings. The second-order valence-electron chi connectivity index (χ2n) is 6.08. The lowest BCUT2D eigenvalue weighted by atomic mass is 10.0. The fourth-order valence-electron chi connectivity index (χ4n) is 2.51. The molecule has 0 aromatic carbocycles. The first-order valence-electron chi connectivity index (χ1n) is 9.14. The van der Waals surface area contributed by atoms with Gasteiger partial charge in [-0.3, -0.25) is 4.79 Å². The van der Waals surface area contributed by atoms with Gasteiger partial charge in [-0.25, -0.2) is 0 Å². The summed E-state index contributed by atoms with van der Waals surface area (Å²) >= 11 is 0. The summed E-state index contributed by atoms with van der Waals surface area (Å²) in [5.41, 5.74) is 0. The third-order valence-corrected chi connectivity index (χ3v) is 3.90. The van der Waals surface area contributed by atoms with Crippen molar-refractivity contribution in [2.75, 3.05) is 0 Å². The number of hydrogen-bond acceptors (Lipinski definition) is 1. The molecule has 0 amide bonds. The lowest BCUT2D eigenvalue weighted by Gasteiger charge is -2.01. The minimum Gasteiger partial charge on any atom is -0.481 e. The van der Waals surface area contributed by atoms with Crippen molar-refractivity contribution in [2.45, 2.75) is 103 Å². The number of allylic oxidation sites excluding steroid dienone is 2. The van der Waals surface area contributed by atoms with Crippen LogP contribution >= 0.6 is 0 Å². The molecule has 0 fully saturated rings. The van der Waals surface area contributed by atoms with Crippen molar-refractivity contribution in [3.8, 4) is 0 Å². The average molecular weight is 296 g/mol. The third-order valence-electron chi connectivity index (χ3n) is 3.90. The van der Waals surface area contributed by atoms with Gasteiger partial charge in [-0.1, -0.05) is 83.3 Å². The van der Waals surface area contributed by atoms with Gasteiger partial charge < -0.3 is 5.11 Å². The quantitative estimate of drug-likeness (QED) is 0.261. The van der Waals surface area contributed by atoms with Gasteiger partial charge in [-0.05, 0) is 25.7 Å². The van der Waals surface area contributed by atoms with Crippen LogP contribution in [0.2, 0.25) is 0 Å². The molecule has 0 spiro atoms. The van der Waals surface area contributed by atoms with Crippen LogP contribution in [0, 0.1) is 0 Å². The van der Waals surface area contributed by atoms with Gasteiger partial charge in [-0.15, -0.1) is 0 Å². The summed E-state index contributed by atoms with van der Waals surface area (Å²) in [7, 11) is 0. The zero-order chi connectivity index (χ0) is 15.6. The van der Waals surface area contributed by atoms with Crippen molar-refractivity contribution in [3.63, 3.8) is 0 Å². The van der Waals surface area contributed by atoms with Crippen LogP contribution < -0.4 is 0 Å². The Hall–Kier alpha value is -0.790. The molecule has 0 aliphatic heterocycles. The highest BCUT2D eigenvalue weighted by Gasteiger charge is 1.96. The molecule has 124 valence electrons. The molecule has 1 N–H and O–H groups in total. The lowest BCUT2D eigenvalue weighted by molar-refractivity contribution is -0.137. The van der Waals surface area contributed by atoms with Crippen LogP contribution in [0.3, 0.4) is 0 Å². The van der Waals surface area contributed by atoms with Gasteiger partial charge >= 0.3 is 5.97 Å². The van der Waals surface area contributed by atoms with E-state index in [9.17, 15) is 4.79 Å². The molecule has 0 unspecified atom stereocenters. The van der Waals surface area contributed by atoms with Crippen LogP contribution in [0.5, 0.6) is 0 Å². The molecule has 0 aromatic heterocycles. The van der Waals surface area contributed by atoms with Crippen molar-refractivity contribution in [1.29, 1.82) is 0 Å². The smallest absolute Gasteiger partial charge is 0.303 e. The molecule has 0 heterocycles. The molecule has 2 nitrogen and oxygen atoms in total. The van der Waals surface area contributed by atoms with Crippen LogP contribution in [-0.4, -0.2) is 11.1 Å². The molecule has 0 atom stereocenters. The standard InChI is InChI=1S/C19H36O2/c1-2-3-4-5-6-7-8-9-10-11-12-13-14-15-16-17-18-19(20)21/h5-6H,2-4,7-18H2,1H3,(H,20,21). The van der Waals surface area contributed by atoms with Crippen molar-refractivity contribution in [2.24, 2.45) is 0 Å². The average Bonchev–Trinajstić information content (AvgIpc) is 2.46. The summed E-state index contributed by atoms with van der Waals surface area (Å²) in [6.07, 6.45) is 22.7. The Kier molecular flexibility index (Phi) is 16.6. The third kappa shape index (κ3) is 19.2. The molecule has 0 aliphatic rings. The predicted octanol–water partition coefficient (Wildman–Crippen LogP) is 6.50. The van der Waals surface area contributed by atoms with Crippen molar-refractivity contribution in [3.05, 3.63) is 12.2 Å². The van der Waals surface area contributed by atoms with E-state index >= 15 is 0 Å². The molecule has 0 rings (SSSR count). The molecular formula is C19H36O2. The van der Waals surface area contributed by atoms with E-state index in [0.29, 0.717) is 6.42 Å². The fraction of sp³-hybridized carbons (Fsp3) is 0.842. The highest BCUT2D eigenvalue weighted by atomic mass is 16.4. The van der Waals surface area contributed by atoms with E-state index in [1.165, 1.54) is 77.0 Å². The summed E-state index contributed by atoms with van der Waals surface area (Å²) in [5.74, 6) is -0.657. The van der Waals surface area contributed by atoms with Gasteiger partial charge in [0, 0.05) is 6.42 Å². The van der Waals surface area contributed by atoms with Gasteiger partial charge in [0.15, 0.2) is 0 Å². The first-order valence-corrected chi connectivity index (χ1v) is 9.14. The Morgan fingerprint density at radius 1 is 0.714 bits per heavy atom. The number of rotatable bonds is 16. The number of carboxylic acids is 1. The Bertz CT molecular complexity index is 246. The maximum Gasteiger partial charge on any atom is 0.303 e. The van der Waals surface area contributed by atoms with Crippen molar-refractivity contribution < 1.29 is 9.90 Å². The summed E-state index contributed by atoms with van der Waals surface area (Å²) < 4.78 is 0. The van der Waals surface area contributed by atoms with Crippen LogP contribution in [0.1, 0.15) is 103 Å². The van der Waals surface area contributed by atoms with Crippen LogP contribution in [0.25, 0.3) is 0 Å². The fourth-order valence-corrected chi connectivity index (χ4v) is 2.51. The normalized spacial score (nSPS) is 11.3. The van der Waals surface area contributed by atoms with E-state index < -0.39 is 5.97 Å². The number of hydrogen-bond donors (Lipinski definition) is 1. The highest BCUT2D eigenvalue weighted by molar-refractivity contribution is 5.66. The molecular weight excluding hydrogens is 260 g/mol. The topological polar surface area (TPSA) is 37.3 Å². The van der Waals surface area contributed by atoms with Gasteiger partial charge in [0.25, 0.3) is 0 Å². The molecule has 0 aliphatic carbocycles. The monoisotopic (exact) mass is 296 g/mol. The predicted molar refractivity (Wildman–Crippen MR) is 91.7 cm³/mol. The first-order chi connectivity index (χ1) is 10.3. The zero-order valence-electron chi connectivity index (χ0n) is 14.1. The Labute approximate surface area is 132 Å².